The second-order valence-electron chi connectivity index (χ2n) is 4.51. The number of nitrogens with zero attached hydrogens (tertiary/aromatic N) is 1. The van der Waals surface area contributed by atoms with Gasteiger partial charge in [-0.3, -0.25) is 4.79 Å². The van der Waals surface area contributed by atoms with Gasteiger partial charge in [-0.05, 0) is 24.3 Å². The van der Waals surface area contributed by atoms with E-state index in [1.807, 2.05) is 54.6 Å². The van der Waals surface area contributed by atoms with Gasteiger partial charge in [0.15, 0.2) is 0 Å². The fourth-order valence-corrected chi connectivity index (χ4v) is 2.13. The first kappa shape index (κ1) is 12.7. The lowest BCUT2D eigenvalue weighted by molar-refractivity contribution is -0.125. The quantitative estimate of drug-likeness (QED) is 0.860. The van der Waals surface area contributed by atoms with E-state index in [4.69, 9.17) is 9.47 Å². The fraction of sp³-hybridized carbons (Fsp3) is 0.188. The molecule has 2 aromatic carbocycles. The molecule has 1 heterocycles. The standard InChI is InChI=1S/C16H15NO3/c18-16-12-19-10-9-17(16)13-5-4-8-15(11-13)20-14-6-2-1-3-7-14/h1-8,11H,9-10,12H2. The lowest BCUT2D eigenvalue weighted by Gasteiger charge is -2.27. The molecule has 0 radical (unpaired) electrons. The third-order valence-electron chi connectivity index (χ3n) is 3.09. The minimum atomic E-state index is -0.0203. The number of morpholine rings is 1. The smallest absolute Gasteiger partial charge is 0.253 e. The van der Waals surface area contributed by atoms with Gasteiger partial charge in [0.1, 0.15) is 18.1 Å². The van der Waals surface area contributed by atoms with Crippen LogP contribution in [0.4, 0.5) is 5.69 Å². The molecule has 0 saturated carbocycles. The van der Waals surface area contributed by atoms with E-state index in [-0.39, 0.29) is 12.5 Å². The van der Waals surface area contributed by atoms with Gasteiger partial charge >= 0.3 is 0 Å². The van der Waals surface area contributed by atoms with Gasteiger partial charge in [-0.1, -0.05) is 24.3 Å². The van der Waals surface area contributed by atoms with Crippen LogP contribution in [0.1, 0.15) is 0 Å². The zero-order chi connectivity index (χ0) is 13.8. The average molecular weight is 269 g/mol. The Labute approximate surface area is 117 Å². The molecule has 0 unspecified atom stereocenters. The Morgan fingerprint density at radius 3 is 2.60 bits per heavy atom. The number of benzene rings is 2. The van der Waals surface area contributed by atoms with Crippen LogP contribution in [0.15, 0.2) is 54.6 Å². The Morgan fingerprint density at radius 1 is 1.00 bits per heavy atom. The van der Waals surface area contributed by atoms with Crippen LogP contribution in [-0.4, -0.2) is 25.7 Å². The van der Waals surface area contributed by atoms with E-state index < -0.39 is 0 Å². The summed E-state index contributed by atoms with van der Waals surface area (Å²) in [5.41, 5.74) is 0.840. The minimum absolute atomic E-state index is 0.0203. The summed E-state index contributed by atoms with van der Waals surface area (Å²) in [4.78, 5) is 13.5. The van der Waals surface area contributed by atoms with Gasteiger partial charge in [0.2, 0.25) is 0 Å². The molecule has 0 aromatic heterocycles. The van der Waals surface area contributed by atoms with Gasteiger partial charge in [-0.15, -0.1) is 0 Å². The number of para-hydroxylation sites is 1. The lowest BCUT2D eigenvalue weighted by Crippen LogP contribution is -2.41. The Hall–Kier alpha value is -2.33. The number of hydrogen-bond acceptors (Lipinski definition) is 3. The molecule has 0 spiro atoms. The van der Waals surface area contributed by atoms with Crippen molar-refractivity contribution in [3.63, 3.8) is 0 Å². The van der Waals surface area contributed by atoms with Crippen LogP contribution in [0, 0.1) is 0 Å². The molecule has 1 saturated heterocycles. The molecule has 0 bridgehead atoms. The van der Waals surface area contributed by atoms with Crippen LogP contribution in [0.25, 0.3) is 0 Å². The summed E-state index contributed by atoms with van der Waals surface area (Å²) in [5, 5.41) is 0. The SMILES string of the molecule is O=C1COCCN1c1cccc(Oc2ccccc2)c1. The predicted molar refractivity (Wildman–Crippen MR) is 76.1 cm³/mol. The van der Waals surface area contributed by atoms with E-state index in [9.17, 15) is 4.79 Å². The third-order valence-corrected chi connectivity index (χ3v) is 3.09. The molecule has 0 atom stereocenters. The van der Waals surface area contributed by atoms with Crippen molar-refractivity contribution < 1.29 is 14.3 Å². The Kier molecular flexibility index (Phi) is 3.65. The van der Waals surface area contributed by atoms with Gasteiger partial charge in [-0.25, -0.2) is 0 Å². The number of hydrogen-bond donors (Lipinski definition) is 0. The van der Waals surface area contributed by atoms with E-state index in [0.717, 1.165) is 11.4 Å². The maximum atomic E-state index is 11.8. The van der Waals surface area contributed by atoms with Crippen LogP contribution < -0.4 is 9.64 Å². The maximum absolute atomic E-state index is 11.8. The fourth-order valence-electron chi connectivity index (χ4n) is 2.13. The Balaban J connectivity index is 1.80. The highest BCUT2D eigenvalue weighted by atomic mass is 16.5. The highest BCUT2D eigenvalue weighted by Crippen LogP contribution is 2.26. The number of amides is 1. The molecule has 2 aromatic rings. The van der Waals surface area contributed by atoms with E-state index in [2.05, 4.69) is 0 Å². The molecule has 102 valence electrons. The van der Waals surface area contributed by atoms with E-state index in [1.54, 1.807) is 4.90 Å². The molecule has 1 amide bonds. The summed E-state index contributed by atoms with van der Waals surface area (Å²) in [6.45, 7) is 1.28. The van der Waals surface area contributed by atoms with Crippen molar-refractivity contribution in [2.45, 2.75) is 0 Å². The number of ether oxygens (including phenoxy) is 2. The number of rotatable bonds is 3. The van der Waals surface area contributed by atoms with Crippen molar-refractivity contribution in [2.24, 2.45) is 0 Å². The number of carbonyl (C=O) groups is 1. The third kappa shape index (κ3) is 2.81. The van der Waals surface area contributed by atoms with E-state index in [1.165, 1.54) is 0 Å². The second kappa shape index (κ2) is 5.75. The van der Waals surface area contributed by atoms with Gasteiger partial charge in [-0.2, -0.15) is 0 Å². The molecule has 20 heavy (non-hydrogen) atoms. The largest absolute Gasteiger partial charge is 0.457 e. The molecule has 1 aliphatic heterocycles. The highest BCUT2D eigenvalue weighted by molar-refractivity contribution is 5.95. The van der Waals surface area contributed by atoms with Crippen molar-refractivity contribution in [1.29, 1.82) is 0 Å². The van der Waals surface area contributed by atoms with Crippen molar-refractivity contribution in [1.82, 2.24) is 0 Å². The maximum Gasteiger partial charge on any atom is 0.253 e. The van der Waals surface area contributed by atoms with Crippen molar-refractivity contribution in [2.75, 3.05) is 24.7 Å². The summed E-state index contributed by atoms with van der Waals surface area (Å²) in [6, 6.07) is 17.1. The number of carbonyl (C=O) groups excluding carboxylic acids is 1. The first-order valence-corrected chi connectivity index (χ1v) is 6.54. The molecular weight excluding hydrogens is 254 g/mol. The number of anilines is 1. The van der Waals surface area contributed by atoms with Crippen molar-refractivity contribution in [3.8, 4) is 11.5 Å². The normalized spacial score (nSPS) is 15.2. The molecular formula is C16H15NO3. The van der Waals surface area contributed by atoms with Gasteiger partial charge in [0, 0.05) is 18.3 Å². The molecule has 1 aliphatic rings. The molecule has 0 N–H and O–H groups in total. The Morgan fingerprint density at radius 2 is 1.80 bits per heavy atom. The summed E-state index contributed by atoms with van der Waals surface area (Å²) in [7, 11) is 0. The van der Waals surface area contributed by atoms with Crippen LogP contribution in [0.2, 0.25) is 0 Å². The average Bonchev–Trinajstić information content (AvgIpc) is 2.49. The minimum Gasteiger partial charge on any atom is -0.457 e. The molecule has 0 aliphatic carbocycles. The monoisotopic (exact) mass is 269 g/mol. The zero-order valence-electron chi connectivity index (χ0n) is 11.0. The first-order valence-electron chi connectivity index (χ1n) is 6.54. The van der Waals surface area contributed by atoms with Crippen LogP contribution in [-0.2, 0) is 9.53 Å². The second-order valence-corrected chi connectivity index (χ2v) is 4.51. The van der Waals surface area contributed by atoms with Gasteiger partial charge in [0.25, 0.3) is 5.91 Å². The van der Waals surface area contributed by atoms with Crippen molar-refractivity contribution >= 4 is 11.6 Å². The van der Waals surface area contributed by atoms with Gasteiger partial charge in [0.05, 0.1) is 6.61 Å². The summed E-state index contributed by atoms with van der Waals surface area (Å²) in [6.07, 6.45) is 0. The lowest BCUT2D eigenvalue weighted by atomic mass is 10.2. The molecule has 3 rings (SSSR count). The summed E-state index contributed by atoms with van der Waals surface area (Å²) < 4.78 is 10.9. The molecule has 1 fully saturated rings. The van der Waals surface area contributed by atoms with Crippen LogP contribution in [0.5, 0.6) is 11.5 Å². The predicted octanol–water partition coefficient (Wildman–Crippen LogP) is 2.84. The first-order chi connectivity index (χ1) is 9.83. The molecule has 4 heteroatoms. The summed E-state index contributed by atoms with van der Waals surface area (Å²) >= 11 is 0. The van der Waals surface area contributed by atoms with Crippen LogP contribution in [0.3, 0.4) is 0 Å². The zero-order valence-corrected chi connectivity index (χ0v) is 11.0. The van der Waals surface area contributed by atoms with Crippen LogP contribution >= 0.6 is 0 Å². The highest BCUT2D eigenvalue weighted by Gasteiger charge is 2.20. The van der Waals surface area contributed by atoms with E-state index in [0.29, 0.717) is 18.9 Å². The molecule has 4 nitrogen and oxygen atoms in total. The topological polar surface area (TPSA) is 38.8 Å². The van der Waals surface area contributed by atoms with Crippen molar-refractivity contribution in [3.05, 3.63) is 54.6 Å². The Bertz CT molecular complexity index is 598. The summed E-state index contributed by atoms with van der Waals surface area (Å²) in [5.74, 6) is 1.47. The van der Waals surface area contributed by atoms with E-state index >= 15 is 0 Å². The van der Waals surface area contributed by atoms with Gasteiger partial charge < -0.3 is 14.4 Å².